The number of carbonyl (C=O) groups excluding carboxylic acids is 1. The van der Waals surface area contributed by atoms with Crippen LogP contribution in [0, 0.1) is 11.6 Å². The van der Waals surface area contributed by atoms with E-state index in [0.717, 1.165) is 31.2 Å². The Morgan fingerprint density at radius 1 is 0.935 bits per heavy atom. The van der Waals surface area contributed by atoms with Crippen LogP contribution in [-0.4, -0.2) is 68.6 Å². The van der Waals surface area contributed by atoms with Crippen molar-refractivity contribution in [1.82, 2.24) is 14.5 Å². The molecule has 170 valence electrons. The standard InChI is InChI=1S/C21H25F2N3O3S.ClH/c22-18-7-4-8-19(23)20(18)21(27)24-10-16-30(28,29)26-14-12-25(13-15-26)11-9-17-5-2-1-3-6-17;/h1-8H,9-16H2,(H,24,27);1H. The van der Waals surface area contributed by atoms with Crippen LogP contribution in [0.3, 0.4) is 0 Å². The lowest BCUT2D eigenvalue weighted by atomic mass is 10.1. The number of amides is 1. The summed E-state index contributed by atoms with van der Waals surface area (Å²) in [6, 6.07) is 13.2. The molecule has 3 rings (SSSR count). The third kappa shape index (κ3) is 6.96. The second-order valence-electron chi connectivity index (χ2n) is 7.14. The summed E-state index contributed by atoms with van der Waals surface area (Å²) in [5.41, 5.74) is 0.538. The third-order valence-corrected chi connectivity index (χ3v) is 6.99. The number of hydrogen-bond donors (Lipinski definition) is 1. The Bertz CT molecular complexity index is 949. The highest BCUT2D eigenvalue weighted by Gasteiger charge is 2.27. The summed E-state index contributed by atoms with van der Waals surface area (Å²) in [6.45, 7) is 2.68. The van der Waals surface area contributed by atoms with E-state index in [4.69, 9.17) is 0 Å². The lowest BCUT2D eigenvalue weighted by molar-refractivity contribution is 0.0947. The van der Waals surface area contributed by atoms with E-state index < -0.39 is 33.1 Å². The van der Waals surface area contributed by atoms with E-state index in [1.165, 1.54) is 9.87 Å². The van der Waals surface area contributed by atoms with Crippen LogP contribution < -0.4 is 5.32 Å². The van der Waals surface area contributed by atoms with Gasteiger partial charge in [-0.1, -0.05) is 36.4 Å². The fourth-order valence-corrected chi connectivity index (χ4v) is 4.73. The summed E-state index contributed by atoms with van der Waals surface area (Å²) in [7, 11) is -3.57. The summed E-state index contributed by atoms with van der Waals surface area (Å²) >= 11 is 0. The first-order valence-electron chi connectivity index (χ1n) is 9.83. The molecule has 1 amide bonds. The number of benzene rings is 2. The van der Waals surface area contributed by atoms with Crippen molar-refractivity contribution in [1.29, 1.82) is 0 Å². The zero-order valence-corrected chi connectivity index (χ0v) is 18.6. The Kier molecular flexibility index (Phi) is 9.36. The largest absolute Gasteiger partial charge is 0.351 e. The molecule has 0 bridgehead atoms. The lowest BCUT2D eigenvalue weighted by Gasteiger charge is -2.34. The summed E-state index contributed by atoms with van der Waals surface area (Å²) in [5.74, 6) is -3.26. The molecule has 1 aliphatic rings. The first-order chi connectivity index (χ1) is 14.4. The number of piperazine rings is 1. The molecule has 0 radical (unpaired) electrons. The molecule has 10 heteroatoms. The van der Waals surface area contributed by atoms with Crippen molar-refractivity contribution in [3.05, 3.63) is 71.3 Å². The molecule has 1 saturated heterocycles. The van der Waals surface area contributed by atoms with Gasteiger partial charge in [-0.3, -0.25) is 4.79 Å². The second kappa shape index (κ2) is 11.5. The molecule has 6 nitrogen and oxygen atoms in total. The van der Waals surface area contributed by atoms with Gasteiger partial charge in [0.15, 0.2) is 0 Å². The minimum Gasteiger partial charge on any atom is -0.351 e. The molecule has 1 fully saturated rings. The van der Waals surface area contributed by atoms with Crippen LogP contribution >= 0.6 is 12.4 Å². The van der Waals surface area contributed by atoms with Gasteiger partial charge in [-0.15, -0.1) is 12.4 Å². The topological polar surface area (TPSA) is 69.7 Å². The molecule has 0 aromatic heterocycles. The summed E-state index contributed by atoms with van der Waals surface area (Å²) in [4.78, 5) is 14.2. The highest BCUT2D eigenvalue weighted by Crippen LogP contribution is 2.12. The smallest absolute Gasteiger partial charge is 0.257 e. The molecule has 1 heterocycles. The van der Waals surface area contributed by atoms with Gasteiger partial charge in [-0.05, 0) is 24.1 Å². The number of nitrogens with zero attached hydrogens (tertiary/aromatic N) is 2. The molecule has 0 aliphatic carbocycles. The van der Waals surface area contributed by atoms with Gasteiger partial charge in [0.1, 0.15) is 17.2 Å². The van der Waals surface area contributed by atoms with E-state index in [2.05, 4.69) is 22.3 Å². The van der Waals surface area contributed by atoms with Gasteiger partial charge in [0.25, 0.3) is 5.91 Å². The Morgan fingerprint density at radius 2 is 1.55 bits per heavy atom. The molecule has 31 heavy (non-hydrogen) atoms. The zero-order valence-electron chi connectivity index (χ0n) is 17.0. The van der Waals surface area contributed by atoms with Gasteiger partial charge >= 0.3 is 0 Å². The van der Waals surface area contributed by atoms with Crippen molar-refractivity contribution in [3.63, 3.8) is 0 Å². The predicted molar refractivity (Wildman–Crippen MR) is 118 cm³/mol. The van der Waals surface area contributed by atoms with Crippen molar-refractivity contribution in [2.75, 3.05) is 45.0 Å². The zero-order chi connectivity index (χ0) is 21.6. The monoisotopic (exact) mass is 473 g/mol. The number of sulfonamides is 1. The third-order valence-electron chi connectivity index (χ3n) is 5.12. The summed E-state index contributed by atoms with van der Waals surface area (Å²) < 4.78 is 53.7. The van der Waals surface area contributed by atoms with Crippen molar-refractivity contribution < 1.29 is 22.0 Å². The molecule has 1 aliphatic heterocycles. The van der Waals surface area contributed by atoms with Crippen LogP contribution in [0.25, 0.3) is 0 Å². The SMILES string of the molecule is Cl.O=C(NCCS(=O)(=O)N1CCN(CCc2ccccc2)CC1)c1c(F)cccc1F. The maximum absolute atomic E-state index is 13.6. The average molecular weight is 474 g/mol. The fourth-order valence-electron chi connectivity index (χ4n) is 3.39. The van der Waals surface area contributed by atoms with Crippen LogP contribution in [-0.2, 0) is 16.4 Å². The highest BCUT2D eigenvalue weighted by molar-refractivity contribution is 7.89. The van der Waals surface area contributed by atoms with Crippen LogP contribution in [0.4, 0.5) is 8.78 Å². The van der Waals surface area contributed by atoms with Gasteiger partial charge < -0.3 is 10.2 Å². The van der Waals surface area contributed by atoms with Crippen LogP contribution in [0.15, 0.2) is 48.5 Å². The van der Waals surface area contributed by atoms with E-state index in [1.54, 1.807) is 0 Å². The number of nitrogens with one attached hydrogen (secondary N) is 1. The van der Waals surface area contributed by atoms with E-state index in [1.807, 2.05) is 18.2 Å². The number of carbonyl (C=O) groups is 1. The van der Waals surface area contributed by atoms with Gasteiger partial charge in [0.05, 0.1) is 5.75 Å². The fraction of sp³-hybridized carbons (Fsp3) is 0.381. The van der Waals surface area contributed by atoms with E-state index in [0.29, 0.717) is 26.2 Å². The Morgan fingerprint density at radius 3 is 2.16 bits per heavy atom. The molecule has 0 saturated carbocycles. The van der Waals surface area contributed by atoms with Gasteiger partial charge in [0, 0.05) is 39.3 Å². The van der Waals surface area contributed by atoms with E-state index >= 15 is 0 Å². The molecule has 2 aromatic carbocycles. The van der Waals surface area contributed by atoms with Gasteiger partial charge in [-0.25, -0.2) is 17.2 Å². The Hall–Kier alpha value is -2.07. The van der Waals surface area contributed by atoms with Crippen LogP contribution in [0.2, 0.25) is 0 Å². The predicted octanol–water partition coefficient (Wildman–Crippen LogP) is 2.31. The molecule has 0 spiro atoms. The number of halogens is 3. The summed E-state index contributed by atoms with van der Waals surface area (Å²) in [6.07, 6.45) is 0.909. The quantitative estimate of drug-likeness (QED) is 0.638. The maximum atomic E-state index is 13.6. The van der Waals surface area contributed by atoms with Crippen molar-refractivity contribution in [2.24, 2.45) is 0 Å². The highest BCUT2D eigenvalue weighted by atomic mass is 35.5. The average Bonchev–Trinajstić information content (AvgIpc) is 2.73. The van der Waals surface area contributed by atoms with Crippen LogP contribution in [0.1, 0.15) is 15.9 Å². The molecular formula is C21H26ClF2N3O3S. The van der Waals surface area contributed by atoms with E-state index in [-0.39, 0.29) is 24.7 Å². The minimum absolute atomic E-state index is 0. The normalized spacial score (nSPS) is 15.3. The number of hydrogen-bond acceptors (Lipinski definition) is 4. The van der Waals surface area contributed by atoms with Gasteiger partial charge in [-0.2, -0.15) is 4.31 Å². The second-order valence-corrected chi connectivity index (χ2v) is 9.23. The minimum atomic E-state index is -3.57. The van der Waals surface area contributed by atoms with E-state index in [9.17, 15) is 22.0 Å². The van der Waals surface area contributed by atoms with Crippen molar-refractivity contribution in [2.45, 2.75) is 6.42 Å². The Balaban J connectivity index is 0.00000341. The molecule has 0 unspecified atom stereocenters. The lowest BCUT2D eigenvalue weighted by Crippen LogP contribution is -2.50. The molecule has 0 atom stereocenters. The molecule has 1 N–H and O–H groups in total. The summed E-state index contributed by atoms with van der Waals surface area (Å²) in [5, 5.41) is 2.29. The van der Waals surface area contributed by atoms with Crippen molar-refractivity contribution in [3.8, 4) is 0 Å². The first kappa shape index (κ1) is 25.2. The van der Waals surface area contributed by atoms with Crippen molar-refractivity contribution >= 4 is 28.3 Å². The van der Waals surface area contributed by atoms with Crippen LogP contribution in [0.5, 0.6) is 0 Å². The number of rotatable bonds is 8. The first-order valence-corrected chi connectivity index (χ1v) is 11.4. The van der Waals surface area contributed by atoms with Gasteiger partial charge in [0.2, 0.25) is 10.0 Å². The molecule has 2 aromatic rings. The molecular weight excluding hydrogens is 448 g/mol. The maximum Gasteiger partial charge on any atom is 0.257 e. The Labute approximate surface area is 187 Å².